The zero-order valence-electron chi connectivity index (χ0n) is 16.2. The fourth-order valence-corrected chi connectivity index (χ4v) is 6.04. The summed E-state index contributed by atoms with van der Waals surface area (Å²) in [7, 11) is 1.93. The third-order valence-corrected chi connectivity index (χ3v) is 7.76. The highest BCUT2D eigenvalue weighted by Crippen LogP contribution is 2.49. The van der Waals surface area contributed by atoms with Gasteiger partial charge in [0.25, 0.3) is 0 Å². The number of nitrogens with zero attached hydrogens (tertiary/aromatic N) is 1. The fourth-order valence-electron chi connectivity index (χ4n) is 4.56. The van der Waals surface area contributed by atoms with Crippen LogP contribution in [0, 0.1) is 23.2 Å². The predicted octanol–water partition coefficient (Wildman–Crippen LogP) is 5.78. The molecule has 0 aromatic heterocycles. The predicted molar refractivity (Wildman–Crippen MR) is 108 cm³/mol. The number of benzene rings is 1. The monoisotopic (exact) mass is 357 g/mol. The molecule has 1 heterocycles. The van der Waals surface area contributed by atoms with Crippen LogP contribution in [0.5, 0.6) is 0 Å². The molecule has 1 aromatic rings. The Bertz CT molecular complexity index is 678. The van der Waals surface area contributed by atoms with Gasteiger partial charge < -0.3 is 4.90 Å². The van der Waals surface area contributed by atoms with Crippen LogP contribution in [0.4, 0.5) is 5.69 Å². The average molecular weight is 358 g/mol. The summed E-state index contributed by atoms with van der Waals surface area (Å²) in [5.74, 6) is 2.67. The van der Waals surface area contributed by atoms with Crippen molar-refractivity contribution in [2.45, 2.75) is 51.9 Å². The molecular formula is C22H31NOS. The second kappa shape index (κ2) is 7.19. The lowest BCUT2D eigenvalue weighted by molar-refractivity contribution is -0.122. The van der Waals surface area contributed by atoms with Crippen LogP contribution in [0.3, 0.4) is 0 Å². The summed E-state index contributed by atoms with van der Waals surface area (Å²) in [5.41, 5.74) is 2.87. The van der Waals surface area contributed by atoms with Crippen molar-refractivity contribution in [1.29, 1.82) is 0 Å². The largest absolute Gasteiger partial charge is 0.314 e. The van der Waals surface area contributed by atoms with E-state index in [9.17, 15) is 4.79 Å². The second-order valence-corrected chi connectivity index (χ2v) is 9.47. The Morgan fingerprint density at radius 3 is 2.68 bits per heavy atom. The van der Waals surface area contributed by atoms with Gasteiger partial charge in [0.05, 0.1) is 5.69 Å². The van der Waals surface area contributed by atoms with E-state index in [2.05, 4.69) is 52.0 Å². The van der Waals surface area contributed by atoms with Crippen molar-refractivity contribution < 1.29 is 4.79 Å². The SMILES string of the molecule is CC1=CC[C@H]2CSc3ccccc3N(C)C(=O)C(C)CC[C@@H]1C2(C)C. The molecule has 0 saturated heterocycles. The molecule has 136 valence electrons. The highest BCUT2D eigenvalue weighted by Gasteiger charge is 2.40. The van der Waals surface area contributed by atoms with Crippen LogP contribution in [0.1, 0.15) is 47.0 Å². The summed E-state index contributed by atoms with van der Waals surface area (Å²) < 4.78 is 0. The number of thioether (sulfide) groups is 1. The number of amides is 1. The third kappa shape index (κ3) is 3.53. The Labute approximate surface area is 157 Å². The minimum absolute atomic E-state index is 0.0615. The number of para-hydroxylation sites is 1. The van der Waals surface area contributed by atoms with E-state index in [1.807, 2.05) is 29.8 Å². The molecule has 3 rings (SSSR count). The van der Waals surface area contributed by atoms with Crippen LogP contribution >= 0.6 is 11.8 Å². The highest BCUT2D eigenvalue weighted by atomic mass is 32.2. The number of rotatable bonds is 0. The molecule has 1 aliphatic carbocycles. The molecule has 3 atom stereocenters. The first-order valence-electron chi connectivity index (χ1n) is 9.48. The Hall–Kier alpha value is -1.22. The van der Waals surface area contributed by atoms with Crippen LogP contribution in [-0.4, -0.2) is 18.7 Å². The molecule has 1 unspecified atom stereocenters. The molecule has 1 aliphatic heterocycles. The van der Waals surface area contributed by atoms with E-state index >= 15 is 0 Å². The van der Waals surface area contributed by atoms with Crippen molar-refractivity contribution in [1.82, 2.24) is 0 Å². The number of hydrogen-bond donors (Lipinski definition) is 0. The average Bonchev–Trinajstić information content (AvgIpc) is 2.58. The van der Waals surface area contributed by atoms with Crippen molar-refractivity contribution >= 4 is 23.4 Å². The van der Waals surface area contributed by atoms with E-state index in [0.29, 0.717) is 11.8 Å². The van der Waals surface area contributed by atoms with E-state index < -0.39 is 0 Å². The van der Waals surface area contributed by atoms with Crippen LogP contribution in [0.15, 0.2) is 40.8 Å². The van der Waals surface area contributed by atoms with Gasteiger partial charge in [-0.1, -0.05) is 44.6 Å². The van der Waals surface area contributed by atoms with Gasteiger partial charge in [0, 0.05) is 23.6 Å². The van der Waals surface area contributed by atoms with E-state index in [-0.39, 0.29) is 17.2 Å². The van der Waals surface area contributed by atoms with Gasteiger partial charge in [0.1, 0.15) is 0 Å². The summed E-state index contributed by atoms with van der Waals surface area (Å²) in [6.45, 7) is 9.26. The van der Waals surface area contributed by atoms with Crippen LogP contribution < -0.4 is 4.90 Å². The Balaban J connectivity index is 2.00. The number of hydrogen-bond acceptors (Lipinski definition) is 2. The first-order valence-corrected chi connectivity index (χ1v) is 10.5. The van der Waals surface area contributed by atoms with Gasteiger partial charge in [0.2, 0.25) is 5.91 Å². The minimum Gasteiger partial charge on any atom is -0.314 e. The standard InChI is InChI=1S/C22H31NOS/c1-15-10-12-17-14-25-20-9-7-6-8-19(20)23(5)21(24)16(2)11-13-18(15)22(17,3)4/h6-10,16-18H,11-14H2,1-5H3/t16?,17-,18-/m0/s1. The summed E-state index contributed by atoms with van der Waals surface area (Å²) in [6, 6.07) is 8.36. The maximum Gasteiger partial charge on any atom is 0.229 e. The van der Waals surface area contributed by atoms with E-state index in [4.69, 9.17) is 0 Å². The van der Waals surface area contributed by atoms with Gasteiger partial charge in [-0.3, -0.25) is 4.79 Å². The number of carbonyl (C=O) groups is 1. The molecule has 0 radical (unpaired) electrons. The molecular weight excluding hydrogens is 326 g/mol. The summed E-state index contributed by atoms with van der Waals surface area (Å²) in [6.07, 6.45) is 5.70. The first-order chi connectivity index (χ1) is 11.8. The first kappa shape index (κ1) is 18.6. The molecule has 0 fully saturated rings. The molecule has 0 spiro atoms. The summed E-state index contributed by atoms with van der Waals surface area (Å²) in [5, 5.41) is 0. The number of allylic oxidation sites excluding steroid dienone is 2. The Morgan fingerprint density at radius 2 is 1.92 bits per heavy atom. The second-order valence-electron chi connectivity index (χ2n) is 8.41. The molecule has 2 bridgehead atoms. The zero-order valence-corrected chi connectivity index (χ0v) is 17.0. The van der Waals surface area contributed by atoms with Gasteiger partial charge in [-0.2, -0.15) is 0 Å². The van der Waals surface area contributed by atoms with E-state index in [0.717, 1.165) is 24.3 Å². The number of anilines is 1. The molecule has 2 nitrogen and oxygen atoms in total. The maximum atomic E-state index is 12.9. The van der Waals surface area contributed by atoms with Gasteiger partial charge >= 0.3 is 0 Å². The van der Waals surface area contributed by atoms with Crippen LogP contribution in [-0.2, 0) is 4.79 Å². The van der Waals surface area contributed by atoms with E-state index in [1.54, 1.807) is 0 Å². The summed E-state index contributed by atoms with van der Waals surface area (Å²) in [4.78, 5) is 16.0. The third-order valence-electron chi connectivity index (χ3n) is 6.53. The highest BCUT2D eigenvalue weighted by molar-refractivity contribution is 7.99. The van der Waals surface area contributed by atoms with Crippen LogP contribution in [0.2, 0.25) is 0 Å². The summed E-state index contributed by atoms with van der Waals surface area (Å²) >= 11 is 1.92. The van der Waals surface area contributed by atoms with Gasteiger partial charge in [-0.15, -0.1) is 11.8 Å². The lowest BCUT2D eigenvalue weighted by Gasteiger charge is -2.45. The minimum atomic E-state index is 0.0615. The number of carbonyl (C=O) groups excluding carboxylic acids is 1. The molecule has 2 aliphatic rings. The van der Waals surface area contributed by atoms with Crippen molar-refractivity contribution in [2.24, 2.45) is 23.2 Å². The zero-order chi connectivity index (χ0) is 18.2. The maximum absolute atomic E-state index is 12.9. The topological polar surface area (TPSA) is 20.3 Å². The Morgan fingerprint density at radius 1 is 1.20 bits per heavy atom. The fraction of sp³-hybridized carbons (Fsp3) is 0.591. The van der Waals surface area contributed by atoms with Crippen LogP contribution in [0.25, 0.3) is 0 Å². The van der Waals surface area contributed by atoms with Crippen molar-refractivity contribution in [3.05, 3.63) is 35.9 Å². The quantitative estimate of drug-likeness (QED) is 0.549. The normalized spacial score (nSPS) is 30.0. The molecule has 25 heavy (non-hydrogen) atoms. The molecule has 0 saturated carbocycles. The van der Waals surface area contributed by atoms with Crippen molar-refractivity contribution in [2.75, 3.05) is 17.7 Å². The van der Waals surface area contributed by atoms with Crippen molar-refractivity contribution in [3.63, 3.8) is 0 Å². The lowest BCUT2D eigenvalue weighted by Crippen LogP contribution is -2.39. The van der Waals surface area contributed by atoms with Gasteiger partial charge in [-0.25, -0.2) is 0 Å². The number of fused-ring (bicyclic) bond motifs is 3. The molecule has 1 aromatic carbocycles. The molecule has 3 heteroatoms. The van der Waals surface area contributed by atoms with E-state index in [1.165, 1.54) is 16.9 Å². The van der Waals surface area contributed by atoms with Gasteiger partial charge in [-0.05, 0) is 55.6 Å². The van der Waals surface area contributed by atoms with Gasteiger partial charge in [0.15, 0.2) is 0 Å². The molecule has 0 N–H and O–H groups in total. The Kier molecular flexibility index (Phi) is 5.34. The molecule has 1 amide bonds. The smallest absolute Gasteiger partial charge is 0.229 e. The lowest BCUT2D eigenvalue weighted by atomic mass is 9.61. The van der Waals surface area contributed by atoms with Crippen molar-refractivity contribution in [3.8, 4) is 0 Å².